The van der Waals surface area contributed by atoms with Crippen LogP contribution in [0.4, 0.5) is 5.69 Å². The summed E-state index contributed by atoms with van der Waals surface area (Å²) in [7, 11) is 1.44. The number of carbonyl (C=O) groups is 3. The number of nitrogens with zero attached hydrogens (tertiary/aromatic N) is 1. The Morgan fingerprint density at radius 2 is 1.78 bits per heavy atom. The molecule has 8 heteroatoms. The van der Waals surface area contributed by atoms with Gasteiger partial charge in [0, 0.05) is 11.3 Å². The van der Waals surface area contributed by atoms with E-state index in [0.717, 1.165) is 5.56 Å². The second-order valence-corrected chi connectivity index (χ2v) is 8.61. The molecule has 36 heavy (non-hydrogen) atoms. The molecule has 0 aromatic heterocycles. The van der Waals surface area contributed by atoms with Gasteiger partial charge < -0.3 is 14.6 Å². The van der Waals surface area contributed by atoms with Gasteiger partial charge in [-0.2, -0.15) is 0 Å². The number of amides is 1. The Bertz CT molecular complexity index is 1400. The van der Waals surface area contributed by atoms with Crippen LogP contribution in [0.5, 0.6) is 5.75 Å². The van der Waals surface area contributed by atoms with Gasteiger partial charge in [0.1, 0.15) is 11.5 Å². The lowest BCUT2D eigenvalue weighted by molar-refractivity contribution is -0.132. The number of esters is 1. The van der Waals surface area contributed by atoms with Crippen molar-refractivity contribution in [2.75, 3.05) is 18.6 Å². The lowest BCUT2D eigenvalue weighted by atomic mass is 9.94. The maximum Gasteiger partial charge on any atom is 0.338 e. The van der Waals surface area contributed by atoms with E-state index in [9.17, 15) is 19.5 Å². The molecule has 7 nitrogen and oxygen atoms in total. The predicted molar refractivity (Wildman–Crippen MR) is 136 cm³/mol. The van der Waals surface area contributed by atoms with Crippen LogP contribution in [0.15, 0.2) is 72.3 Å². The number of benzene rings is 3. The summed E-state index contributed by atoms with van der Waals surface area (Å²) in [5.74, 6) is -2.28. The third-order valence-corrected chi connectivity index (χ3v) is 6.17. The van der Waals surface area contributed by atoms with Crippen molar-refractivity contribution in [2.45, 2.75) is 19.9 Å². The van der Waals surface area contributed by atoms with Gasteiger partial charge in [0.05, 0.1) is 35.9 Å². The lowest BCUT2D eigenvalue weighted by Gasteiger charge is -2.26. The second kappa shape index (κ2) is 10.3. The molecule has 0 radical (unpaired) electrons. The van der Waals surface area contributed by atoms with E-state index in [1.165, 1.54) is 30.2 Å². The fraction of sp³-hybridized carbons (Fsp3) is 0.179. The first-order chi connectivity index (χ1) is 17.3. The Labute approximate surface area is 213 Å². The summed E-state index contributed by atoms with van der Waals surface area (Å²) >= 11 is 6.13. The van der Waals surface area contributed by atoms with Crippen LogP contribution in [0.1, 0.15) is 40.0 Å². The monoisotopic (exact) mass is 505 g/mol. The minimum absolute atomic E-state index is 0.0866. The van der Waals surface area contributed by atoms with Gasteiger partial charge in [-0.25, -0.2) is 4.79 Å². The first-order valence-corrected chi connectivity index (χ1v) is 11.6. The van der Waals surface area contributed by atoms with Gasteiger partial charge in [0.15, 0.2) is 0 Å². The number of aliphatic hydroxyl groups is 1. The van der Waals surface area contributed by atoms with E-state index in [0.29, 0.717) is 22.0 Å². The molecule has 1 aliphatic heterocycles. The summed E-state index contributed by atoms with van der Waals surface area (Å²) in [5, 5.41) is 11.6. The molecule has 1 atom stereocenters. The van der Waals surface area contributed by atoms with Crippen molar-refractivity contribution in [2.24, 2.45) is 0 Å². The SMILES string of the molecule is CCOC(=O)c1cccc(N2C(=O)C(=O)/C(=C(/O)c3ccc(Cl)c(OC)c3)C2c2cccc(C)c2)c1. The Balaban J connectivity index is 1.93. The summed E-state index contributed by atoms with van der Waals surface area (Å²) < 4.78 is 10.3. The van der Waals surface area contributed by atoms with E-state index < -0.39 is 23.7 Å². The van der Waals surface area contributed by atoms with Crippen molar-refractivity contribution in [1.29, 1.82) is 0 Å². The van der Waals surface area contributed by atoms with Gasteiger partial charge in [0.2, 0.25) is 0 Å². The van der Waals surface area contributed by atoms with Crippen LogP contribution >= 0.6 is 11.6 Å². The molecule has 1 aliphatic rings. The van der Waals surface area contributed by atoms with E-state index in [-0.39, 0.29) is 29.1 Å². The van der Waals surface area contributed by atoms with Crippen LogP contribution in [0.25, 0.3) is 5.76 Å². The molecule has 1 saturated heterocycles. The topological polar surface area (TPSA) is 93.1 Å². The van der Waals surface area contributed by atoms with Crippen molar-refractivity contribution in [1.82, 2.24) is 0 Å². The molecule has 4 rings (SSSR count). The highest BCUT2D eigenvalue weighted by Crippen LogP contribution is 2.43. The maximum absolute atomic E-state index is 13.4. The molecule has 184 valence electrons. The number of carbonyl (C=O) groups excluding carboxylic acids is 3. The van der Waals surface area contributed by atoms with Gasteiger partial charge in [-0.05, 0) is 55.8 Å². The predicted octanol–water partition coefficient (Wildman–Crippen LogP) is 5.46. The highest BCUT2D eigenvalue weighted by molar-refractivity contribution is 6.51. The van der Waals surface area contributed by atoms with E-state index in [1.54, 1.807) is 37.3 Å². The molecule has 3 aromatic rings. The maximum atomic E-state index is 13.4. The van der Waals surface area contributed by atoms with Crippen LogP contribution in [0.2, 0.25) is 5.02 Å². The van der Waals surface area contributed by atoms with Crippen LogP contribution < -0.4 is 9.64 Å². The second-order valence-electron chi connectivity index (χ2n) is 8.20. The first kappa shape index (κ1) is 25.0. The summed E-state index contributed by atoms with van der Waals surface area (Å²) in [6.45, 7) is 3.78. The molecule has 1 unspecified atom stereocenters. The quantitative estimate of drug-likeness (QED) is 0.207. The summed E-state index contributed by atoms with van der Waals surface area (Å²) in [6, 6.07) is 17.3. The number of Topliss-reactive ketones (excluding diaryl/α,β-unsaturated/α-hetero) is 1. The standard InChI is InChI=1S/C28H24ClNO6/c1-4-36-28(34)19-9-6-10-20(14-19)30-24(17-8-5-7-16(2)13-17)23(26(32)27(30)33)25(31)18-11-12-21(29)22(15-18)35-3/h5-15,24,31H,4H2,1-3H3/b25-23+. The zero-order chi connectivity index (χ0) is 26.0. The number of rotatable bonds is 6. The first-order valence-electron chi connectivity index (χ1n) is 11.3. The number of aliphatic hydroxyl groups excluding tert-OH is 1. The van der Waals surface area contributed by atoms with Crippen LogP contribution in [0.3, 0.4) is 0 Å². The van der Waals surface area contributed by atoms with Crippen LogP contribution in [-0.4, -0.2) is 36.5 Å². The van der Waals surface area contributed by atoms with E-state index in [2.05, 4.69) is 0 Å². The summed E-state index contributed by atoms with van der Waals surface area (Å²) in [5.41, 5.74) is 2.28. The van der Waals surface area contributed by atoms with E-state index in [1.807, 2.05) is 25.1 Å². The molecular weight excluding hydrogens is 482 g/mol. The van der Waals surface area contributed by atoms with Gasteiger partial charge >= 0.3 is 5.97 Å². The van der Waals surface area contributed by atoms with Crippen LogP contribution in [0, 0.1) is 6.92 Å². The Hall–Kier alpha value is -4.10. The largest absolute Gasteiger partial charge is 0.507 e. The zero-order valence-corrected chi connectivity index (χ0v) is 20.7. The molecule has 3 aromatic carbocycles. The van der Waals surface area contributed by atoms with Gasteiger partial charge in [0.25, 0.3) is 11.7 Å². The smallest absolute Gasteiger partial charge is 0.338 e. The highest BCUT2D eigenvalue weighted by Gasteiger charge is 2.47. The minimum atomic E-state index is -0.941. The fourth-order valence-corrected chi connectivity index (χ4v) is 4.41. The number of ketones is 1. The molecule has 1 fully saturated rings. The molecule has 1 N–H and O–H groups in total. The van der Waals surface area contributed by atoms with Crippen molar-refractivity contribution >= 4 is 40.7 Å². The number of hydrogen-bond donors (Lipinski definition) is 1. The number of aryl methyl sites for hydroxylation is 1. The van der Waals surface area contributed by atoms with Crippen molar-refractivity contribution < 1.29 is 29.0 Å². The molecule has 0 saturated carbocycles. The lowest BCUT2D eigenvalue weighted by Crippen LogP contribution is -2.29. The van der Waals surface area contributed by atoms with E-state index >= 15 is 0 Å². The minimum Gasteiger partial charge on any atom is -0.507 e. The molecule has 0 spiro atoms. The molecule has 0 bridgehead atoms. The normalized spacial score (nSPS) is 16.8. The number of methoxy groups -OCH3 is 1. The third-order valence-electron chi connectivity index (χ3n) is 5.86. The number of hydrogen-bond acceptors (Lipinski definition) is 6. The number of anilines is 1. The Kier molecular flexibility index (Phi) is 7.12. The Morgan fingerprint density at radius 3 is 2.47 bits per heavy atom. The van der Waals surface area contributed by atoms with Crippen molar-refractivity contribution in [3.05, 3.63) is 99.6 Å². The summed E-state index contributed by atoms with van der Waals surface area (Å²) in [6.07, 6.45) is 0. The van der Waals surface area contributed by atoms with Crippen molar-refractivity contribution in [3.8, 4) is 5.75 Å². The van der Waals surface area contributed by atoms with Gasteiger partial charge in [-0.3, -0.25) is 14.5 Å². The van der Waals surface area contributed by atoms with Crippen LogP contribution in [-0.2, 0) is 14.3 Å². The molecule has 1 amide bonds. The third kappa shape index (κ3) is 4.57. The van der Waals surface area contributed by atoms with Gasteiger partial charge in [-0.1, -0.05) is 47.5 Å². The molecule has 0 aliphatic carbocycles. The average Bonchev–Trinajstić information content (AvgIpc) is 3.14. The highest BCUT2D eigenvalue weighted by atomic mass is 35.5. The summed E-state index contributed by atoms with van der Waals surface area (Å²) in [4.78, 5) is 40.4. The molecule has 1 heterocycles. The zero-order valence-electron chi connectivity index (χ0n) is 19.9. The fourth-order valence-electron chi connectivity index (χ4n) is 4.21. The van der Waals surface area contributed by atoms with E-state index in [4.69, 9.17) is 21.1 Å². The van der Waals surface area contributed by atoms with Crippen molar-refractivity contribution in [3.63, 3.8) is 0 Å². The van der Waals surface area contributed by atoms with Gasteiger partial charge in [-0.15, -0.1) is 0 Å². The average molecular weight is 506 g/mol. The Morgan fingerprint density at radius 1 is 1.03 bits per heavy atom. The molecular formula is C28H24ClNO6. The number of halogens is 1. The number of ether oxygens (including phenoxy) is 2.